The number of nitrogens with zero attached hydrogens (tertiary/aromatic N) is 4. The molecule has 11 atom stereocenters. The lowest BCUT2D eigenvalue weighted by molar-refractivity contribution is -0.150. The first-order valence-electron chi connectivity index (χ1n) is 20.0. The van der Waals surface area contributed by atoms with Crippen molar-refractivity contribution in [2.75, 3.05) is 28.2 Å². The van der Waals surface area contributed by atoms with Gasteiger partial charge in [-0.25, -0.2) is 0 Å². The van der Waals surface area contributed by atoms with E-state index in [9.17, 15) is 33.6 Å². The highest BCUT2D eigenvalue weighted by Gasteiger charge is 2.54. The van der Waals surface area contributed by atoms with Crippen molar-refractivity contribution in [3.63, 3.8) is 0 Å². The maximum Gasteiger partial charge on any atom is 0.245 e. The molecule has 0 aromatic rings. The molecule has 0 radical (unpaired) electrons. The van der Waals surface area contributed by atoms with Gasteiger partial charge in [0, 0.05) is 34.1 Å². The summed E-state index contributed by atoms with van der Waals surface area (Å²) in [7, 11) is 6.15. The van der Waals surface area contributed by atoms with Crippen molar-refractivity contribution in [2.45, 2.75) is 139 Å². The molecule has 0 aliphatic heterocycles. The van der Waals surface area contributed by atoms with E-state index in [4.69, 9.17) is 0 Å². The fraction of sp³-hybridized carbons (Fsp3) is 0.829. The molecule has 0 aromatic carbocycles. The number of ketones is 1. The van der Waals surface area contributed by atoms with Crippen molar-refractivity contribution in [2.24, 2.45) is 53.3 Å². The van der Waals surface area contributed by atoms with Gasteiger partial charge in [-0.05, 0) is 87.9 Å². The van der Waals surface area contributed by atoms with Gasteiger partial charge in [0.1, 0.15) is 30.2 Å². The van der Waals surface area contributed by atoms with Gasteiger partial charge in [-0.15, -0.1) is 0 Å². The van der Waals surface area contributed by atoms with Crippen LogP contribution < -0.4 is 10.6 Å². The van der Waals surface area contributed by atoms with Crippen molar-refractivity contribution < 1.29 is 33.6 Å². The van der Waals surface area contributed by atoms with Crippen LogP contribution in [0.25, 0.3) is 0 Å². The molecule has 13 heteroatoms. The van der Waals surface area contributed by atoms with Crippen molar-refractivity contribution in [1.29, 1.82) is 0 Å². The van der Waals surface area contributed by atoms with Crippen LogP contribution >= 0.6 is 0 Å². The molecule has 0 spiro atoms. The van der Waals surface area contributed by atoms with Gasteiger partial charge in [0.15, 0.2) is 5.78 Å². The molecule has 0 bridgehead atoms. The average molecular weight is 761 g/mol. The van der Waals surface area contributed by atoms with Crippen LogP contribution in [0, 0.1) is 53.3 Å². The highest BCUT2D eigenvalue weighted by Crippen LogP contribution is 2.49. The molecule has 0 heterocycles. The van der Waals surface area contributed by atoms with Crippen molar-refractivity contribution >= 4 is 41.2 Å². The highest BCUT2D eigenvalue weighted by atomic mass is 16.2. The van der Waals surface area contributed by atoms with Crippen LogP contribution in [0.2, 0.25) is 0 Å². The summed E-state index contributed by atoms with van der Waals surface area (Å²) in [6, 6.07) is -5.17. The van der Waals surface area contributed by atoms with E-state index in [-0.39, 0.29) is 64.9 Å². The predicted octanol–water partition coefficient (Wildman–Crippen LogP) is 3.45. The Balaban J connectivity index is 2.32. The molecular formula is C41H72N6O7. The summed E-state index contributed by atoms with van der Waals surface area (Å²) < 4.78 is 0. The van der Waals surface area contributed by atoms with Crippen LogP contribution in [-0.2, 0) is 33.6 Å². The van der Waals surface area contributed by atoms with E-state index in [1.54, 1.807) is 34.9 Å². The Kier molecular flexibility index (Phi) is 16.3. The third kappa shape index (κ3) is 10.8. The van der Waals surface area contributed by atoms with Crippen LogP contribution in [0.4, 0.5) is 0 Å². The van der Waals surface area contributed by atoms with Gasteiger partial charge < -0.3 is 30.2 Å². The summed E-state index contributed by atoms with van der Waals surface area (Å²) in [5.41, 5.74) is 0. The molecule has 2 saturated carbocycles. The fourth-order valence-corrected chi connectivity index (χ4v) is 7.87. The molecule has 308 valence electrons. The van der Waals surface area contributed by atoms with Gasteiger partial charge in [0.25, 0.3) is 0 Å². The summed E-state index contributed by atoms with van der Waals surface area (Å²) in [5, 5.41) is 6.00. The zero-order valence-corrected chi connectivity index (χ0v) is 36.2. The molecule has 2 fully saturated rings. The molecule has 2 N–H and O–H groups in total. The lowest BCUT2D eigenvalue weighted by Gasteiger charge is -2.36. The number of rotatable bonds is 19. The minimum atomic E-state index is -0.953. The van der Waals surface area contributed by atoms with Gasteiger partial charge in [0.05, 0.1) is 6.04 Å². The number of likely N-dealkylation sites (N-methyl/N-ethyl adjacent to an activating group) is 4. The molecule has 2 aliphatic rings. The molecular weight excluding hydrogens is 688 g/mol. The molecule has 54 heavy (non-hydrogen) atoms. The quantitative estimate of drug-likeness (QED) is 0.204. The first-order valence-corrected chi connectivity index (χ1v) is 20.0. The van der Waals surface area contributed by atoms with Crippen molar-refractivity contribution in [3.05, 3.63) is 0 Å². The second-order valence-corrected chi connectivity index (χ2v) is 17.7. The Morgan fingerprint density at radius 1 is 0.481 bits per heavy atom. The van der Waals surface area contributed by atoms with Crippen LogP contribution in [0.1, 0.15) is 103 Å². The monoisotopic (exact) mass is 761 g/mol. The maximum atomic E-state index is 14.2. The van der Waals surface area contributed by atoms with E-state index in [2.05, 4.69) is 24.5 Å². The first-order chi connectivity index (χ1) is 24.8. The third-order valence-electron chi connectivity index (χ3n) is 12.9. The van der Waals surface area contributed by atoms with E-state index < -0.39 is 59.9 Å². The summed E-state index contributed by atoms with van der Waals surface area (Å²) in [6.45, 7) is 24.2. The van der Waals surface area contributed by atoms with Crippen molar-refractivity contribution in [1.82, 2.24) is 30.2 Å². The number of carbonyl (C=O) groups is 7. The molecule has 0 aromatic heterocycles. The van der Waals surface area contributed by atoms with Gasteiger partial charge in [0.2, 0.25) is 35.4 Å². The van der Waals surface area contributed by atoms with Crippen LogP contribution in [0.15, 0.2) is 0 Å². The van der Waals surface area contributed by atoms with Gasteiger partial charge in [-0.1, -0.05) is 62.3 Å². The van der Waals surface area contributed by atoms with Gasteiger partial charge >= 0.3 is 0 Å². The lowest BCUT2D eigenvalue weighted by Crippen LogP contribution is -2.60. The molecule has 11 unspecified atom stereocenters. The number of Topliss-reactive ketones (excluding diaryl/α,β-unsaturated/α-hetero) is 1. The smallest absolute Gasteiger partial charge is 0.245 e. The van der Waals surface area contributed by atoms with E-state index in [0.29, 0.717) is 18.8 Å². The second kappa shape index (κ2) is 18.9. The fourth-order valence-electron chi connectivity index (χ4n) is 7.87. The largest absolute Gasteiger partial charge is 0.344 e. The normalized spacial score (nSPS) is 25.6. The minimum Gasteiger partial charge on any atom is -0.344 e. The Hall–Kier alpha value is -3.51. The number of nitrogens with one attached hydrogen (secondary N) is 2. The lowest BCUT2D eigenvalue weighted by atomic mass is 9.97. The first kappa shape index (κ1) is 46.6. The summed E-state index contributed by atoms with van der Waals surface area (Å²) in [4.78, 5) is 100. The van der Waals surface area contributed by atoms with E-state index >= 15 is 0 Å². The number of carbonyl (C=O) groups excluding carboxylic acids is 7. The Morgan fingerprint density at radius 2 is 0.815 bits per heavy atom. The topological polar surface area (TPSA) is 157 Å². The zero-order valence-electron chi connectivity index (χ0n) is 36.2. The number of amides is 6. The van der Waals surface area contributed by atoms with Crippen molar-refractivity contribution in [3.8, 4) is 0 Å². The molecule has 0 saturated heterocycles. The van der Waals surface area contributed by atoms with E-state index in [1.807, 2.05) is 48.5 Å². The molecule has 6 amide bonds. The van der Waals surface area contributed by atoms with Crippen LogP contribution in [-0.4, -0.2) is 125 Å². The average Bonchev–Trinajstić information content (AvgIpc) is 3.93. The maximum absolute atomic E-state index is 14.2. The molecule has 13 nitrogen and oxygen atoms in total. The predicted molar refractivity (Wildman–Crippen MR) is 210 cm³/mol. The third-order valence-corrected chi connectivity index (χ3v) is 12.9. The molecule has 2 aliphatic carbocycles. The summed E-state index contributed by atoms with van der Waals surface area (Å²) >= 11 is 0. The number of hydrogen-bond donors (Lipinski definition) is 2. The Morgan fingerprint density at radius 3 is 1.15 bits per heavy atom. The van der Waals surface area contributed by atoms with Crippen LogP contribution in [0.3, 0.4) is 0 Å². The SMILES string of the molecule is CC(=O)C(C)N(C)C(=O)C(C)N(C)C(=O)C(NC(=O)C(CC(C)C)N(C)C(=O)C(C)N(C)C(=O)C(NC(=O)C(C)CC(C)C)C1C(C)C1C)C1C(C)C1C. The summed E-state index contributed by atoms with van der Waals surface area (Å²) in [5.74, 6) is -1.91. The second-order valence-electron chi connectivity index (χ2n) is 17.7. The van der Waals surface area contributed by atoms with Crippen LogP contribution in [0.5, 0.6) is 0 Å². The molecule has 2 rings (SSSR count). The van der Waals surface area contributed by atoms with E-state index in [0.717, 1.165) is 0 Å². The Labute approximate surface area is 325 Å². The minimum absolute atomic E-state index is 0.00275. The van der Waals surface area contributed by atoms with Gasteiger partial charge in [-0.2, -0.15) is 0 Å². The van der Waals surface area contributed by atoms with Gasteiger partial charge in [-0.3, -0.25) is 33.6 Å². The standard InChI is InChI=1S/C41H72N6O7/c1-20(2)18-22(5)36(49)42-34(32-23(6)24(32)7)40(53)46(16)29(12)39(52)47(17)31(19-21(3)4)37(50)43-35(33-25(8)26(33)9)41(54)45(15)28(11)38(51)44(14)27(10)30(13)48/h20-29,31-35H,18-19H2,1-17H3,(H,42,49)(H,43,50). The van der Waals surface area contributed by atoms with E-state index in [1.165, 1.54) is 40.6 Å². The zero-order chi connectivity index (χ0) is 41.8. The number of hydrogen-bond acceptors (Lipinski definition) is 7. The summed E-state index contributed by atoms with van der Waals surface area (Å²) in [6.07, 6.45) is 0.991. The Bertz CT molecular complexity index is 1390. The highest BCUT2D eigenvalue weighted by molar-refractivity contribution is 5.97.